The van der Waals surface area contributed by atoms with Crippen molar-refractivity contribution in [3.05, 3.63) is 18.2 Å². The number of aromatic nitrogens is 2. The van der Waals surface area contributed by atoms with E-state index in [9.17, 15) is 4.79 Å². The third kappa shape index (κ3) is 2.90. The van der Waals surface area contributed by atoms with Crippen LogP contribution in [0, 0.1) is 5.92 Å². The van der Waals surface area contributed by atoms with E-state index in [2.05, 4.69) is 14.5 Å². The molecule has 5 heteroatoms. The molecule has 1 aliphatic heterocycles. The van der Waals surface area contributed by atoms with Crippen LogP contribution in [0.15, 0.2) is 12.4 Å². The number of hydrogen-bond acceptors (Lipinski definition) is 3. The van der Waals surface area contributed by atoms with Crippen molar-refractivity contribution in [3.8, 4) is 0 Å². The molecular formula is C13H22N4O. The lowest BCUT2D eigenvalue weighted by molar-refractivity contribution is -0.134. The lowest BCUT2D eigenvalue weighted by Crippen LogP contribution is -2.40. The zero-order valence-corrected chi connectivity index (χ0v) is 11.5. The zero-order chi connectivity index (χ0) is 13.1. The van der Waals surface area contributed by atoms with E-state index in [1.54, 1.807) is 4.90 Å². The Balaban J connectivity index is 1.84. The van der Waals surface area contributed by atoms with Gasteiger partial charge in [-0.3, -0.25) is 9.69 Å². The molecule has 1 saturated heterocycles. The molecule has 5 nitrogen and oxygen atoms in total. The number of rotatable bonds is 3. The summed E-state index contributed by atoms with van der Waals surface area (Å²) in [5.74, 6) is 1.57. The molecule has 1 aromatic rings. The minimum Gasteiger partial charge on any atom is -0.349 e. The van der Waals surface area contributed by atoms with Crippen LogP contribution in [-0.2, 0) is 18.4 Å². The van der Waals surface area contributed by atoms with Crippen LogP contribution in [0.2, 0.25) is 0 Å². The van der Waals surface area contributed by atoms with Crippen molar-refractivity contribution in [2.24, 2.45) is 13.0 Å². The van der Waals surface area contributed by atoms with Gasteiger partial charge in [0.05, 0.1) is 6.54 Å². The molecule has 1 fully saturated rings. The van der Waals surface area contributed by atoms with Crippen molar-refractivity contribution in [2.45, 2.75) is 19.4 Å². The summed E-state index contributed by atoms with van der Waals surface area (Å²) < 4.78 is 2.05. The SMILES string of the molecule is CN(C)C(=O)C1CCN(Cc2nccn2C)CC1. The Kier molecular flexibility index (Phi) is 4.01. The Hall–Kier alpha value is -1.36. The van der Waals surface area contributed by atoms with E-state index in [-0.39, 0.29) is 11.8 Å². The molecule has 100 valence electrons. The topological polar surface area (TPSA) is 41.4 Å². The molecule has 0 bridgehead atoms. The van der Waals surface area contributed by atoms with Crippen LogP contribution < -0.4 is 0 Å². The average molecular weight is 250 g/mol. The monoisotopic (exact) mass is 250 g/mol. The Bertz CT molecular complexity index is 405. The summed E-state index contributed by atoms with van der Waals surface area (Å²) in [6, 6.07) is 0. The molecule has 0 aromatic carbocycles. The third-order valence-corrected chi connectivity index (χ3v) is 3.66. The fourth-order valence-electron chi connectivity index (χ4n) is 2.45. The normalized spacial score (nSPS) is 17.9. The highest BCUT2D eigenvalue weighted by molar-refractivity contribution is 5.78. The van der Waals surface area contributed by atoms with Crippen LogP contribution in [0.4, 0.5) is 0 Å². The highest BCUT2D eigenvalue weighted by atomic mass is 16.2. The molecule has 0 aliphatic carbocycles. The summed E-state index contributed by atoms with van der Waals surface area (Å²) in [5.41, 5.74) is 0. The summed E-state index contributed by atoms with van der Waals surface area (Å²) in [7, 11) is 5.69. The highest BCUT2D eigenvalue weighted by Gasteiger charge is 2.26. The molecule has 0 unspecified atom stereocenters. The molecular weight excluding hydrogens is 228 g/mol. The molecule has 18 heavy (non-hydrogen) atoms. The number of carbonyl (C=O) groups is 1. The fraction of sp³-hybridized carbons (Fsp3) is 0.692. The van der Waals surface area contributed by atoms with Crippen molar-refractivity contribution in [1.29, 1.82) is 0 Å². The average Bonchev–Trinajstić information content (AvgIpc) is 2.75. The zero-order valence-electron chi connectivity index (χ0n) is 11.5. The number of piperidine rings is 1. The Labute approximate surface area is 108 Å². The van der Waals surface area contributed by atoms with E-state index < -0.39 is 0 Å². The second-order valence-electron chi connectivity index (χ2n) is 5.24. The highest BCUT2D eigenvalue weighted by Crippen LogP contribution is 2.20. The van der Waals surface area contributed by atoms with Gasteiger partial charge >= 0.3 is 0 Å². The maximum Gasteiger partial charge on any atom is 0.225 e. The first-order valence-corrected chi connectivity index (χ1v) is 6.47. The molecule has 1 amide bonds. The second kappa shape index (κ2) is 5.52. The summed E-state index contributed by atoms with van der Waals surface area (Å²) in [6.45, 7) is 2.85. The van der Waals surface area contributed by atoms with Crippen LogP contribution in [0.1, 0.15) is 18.7 Å². The van der Waals surface area contributed by atoms with E-state index in [1.807, 2.05) is 33.5 Å². The predicted molar refractivity (Wildman–Crippen MR) is 69.9 cm³/mol. The molecule has 0 radical (unpaired) electrons. The van der Waals surface area contributed by atoms with Gasteiger partial charge in [0.1, 0.15) is 5.82 Å². The molecule has 0 spiro atoms. The molecule has 2 rings (SSSR count). The first-order valence-electron chi connectivity index (χ1n) is 6.47. The first-order chi connectivity index (χ1) is 8.58. The van der Waals surface area contributed by atoms with Crippen molar-refractivity contribution in [2.75, 3.05) is 27.2 Å². The second-order valence-corrected chi connectivity index (χ2v) is 5.24. The van der Waals surface area contributed by atoms with Crippen LogP contribution >= 0.6 is 0 Å². The number of amides is 1. The maximum atomic E-state index is 11.9. The minimum absolute atomic E-state index is 0.206. The summed E-state index contributed by atoms with van der Waals surface area (Å²) in [6.07, 6.45) is 5.72. The maximum absolute atomic E-state index is 11.9. The van der Waals surface area contributed by atoms with E-state index in [0.717, 1.165) is 38.3 Å². The molecule has 0 N–H and O–H groups in total. The quantitative estimate of drug-likeness (QED) is 0.794. The van der Waals surface area contributed by atoms with Crippen molar-refractivity contribution >= 4 is 5.91 Å². The number of nitrogens with zero attached hydrogens (tertiary/aromatic N) is 4. The number of likely N-dealkylation sites (tertiary alicyclic amines) is 1. The van der Waals surface area contributed by atoms with Gasteiger partial charge in [0, 0.05) is 39.5 Å². The van der Waals surface area contributed by atoms with Crippen molar-refractivity contribution < 1.29 is 4.79 Å². The molecule has 1 aliphatic rings. The Morgan fingerprint density at radius 1 is 1.44 bits per heavy atom. The van der Waals surface area contributed by atoms with E-state index in [1.165, 1.54) is 0 Å². The van der Waals surface area contributed by atoms with Gasteiger partial charge in [0.25, 0.3) is 0 Å². The van der Waals surface area contributed by atoms with Gasteiger partial charge < -0.3 is 9.47 Å². The van der Waals surface area contributed by atoms with Crippen LogP contribution in [-0.4, -0.2) is 52.4 Å². The molecule has 0 atom stereocenters. The van der Waals surface area contributed by atoms with Crippen LogP contribution in [0.5, 0.6) is 0 Å². The lowest BCUT2D eigenvalue weighted by atomic mass is 9.95. The number of carbonyl (C=O) groups excluding carboxylic acids is 1. The molecule has 1 aromatic heterocycles. The Morgan fingerprint density at radius 2 is 2.11 bits per heavy atom. The van der Waals surface area contributed by atoms with Gasteiger partial charge in [-0.2, -0.15) is 0 Å². The first kappa shape index (κ1) is 13.1. The van der Waals surface area contributed by atoms with Crippen molar-refractivity contribution in [1.82, 2.24) is 19.4 Å². The predicted octanol–water partition coefficient (Wildman–Crippen LogP) is 0.720. The van der Waals surface area contributed by atoms with Gasteiger partial charge in [0.15, 0.2) is 0 Å². The standard InChI is InChI=1S/C13H22N4O/c1-15(2)13(18)11-4-7-17(8-5-11)10-12-14-6-9-16(12)3/h6,9,11H,4-5,7-8,10H2,1-3H3. The van der Waals surface area contributed by atoms with Gasteiger partial charge in [-0.05, 0) is 25.9 Å². The van der Waals surface area contributed by atoms with Gasteiger partial charge in [-0.1, -0.05) is 0 Å². The number of hydrogen-bond donors (Lipinski definition) is 0. The Morgan fingerprint density at radius 3 is 2.61 bits per heavy atom. The van der Waals surface area contributed by atoms with Crippen molar-refractivity contribution in [3.63, 3.8) is 0 Å². The van der Waals surface area contributed by atoms with Crippen LogP contribution in [0.3, 0.4) is 0 Å². The largest absolute Gasteiger partial charge is 0.349 e. The van der Waals surface area contributed by atoms with Crippen LogP contribution in [0.25, 0.3) is 0 Å². The summed E-state index contributed by atoms with van der Waals surface area (Å²) in [4.78, 5) is 20.3. The number of aryl methyl sites for hydroxylation is 1. The summed E-state index contributed by atoms with van der Waals surface area (Å²) >= 11 is 0. The number of imidazole rings is 1. The smallest absolute Gasteiger partial charge is 0.225 e. The van der Waals surface area contributed by atoms with Gasteiger partial charge in [-0.25, -0.2) is 4.98 Å². The molecule has 2 heterocycles. The van der Waals surface area contributed by atoms with E-state index >= 15 is 0 Å². The summed E-state index contributed by atoms with van der Waals surface area (Å²) in [5, 5.41) is 0. The minimum atomic E-state index is 0.206. The van der Waals surface area contributed by atoms with E-state index in [0.29, 0.717) is 0 Å². The fourth-order valence-corrected chi connectivity index (χ4v) is 2.45. The van der Waals surface area contributed by atoms with E-state index in [4.69, 9.17) is 0 Å². The van der Waals surface area contributed by atoms with Gasteiger partial charge in [0.2, 0.25) is 5.91 Å². The van der Waals surface area contributed by atoms with Gasteiger partial charge in [-0.15, -0.1) is 0 Å². The molecule has 0 saturated carbocycles. The lowest BCUT2D eigenvalue weighted by Gasteiger charge is -2.32. The third-order valence-electron chi connectivity index (χ3n) is 3.66.